The third-order valence-corrected chi connectivity index (χ3v) is 4.13. The molecule has 1 aliphatic heterocycles. The van der Waals surface area contributed by atoms with Gasteiger partial charge in [-0.3, -0.25) is 10.1 Å². The smallest absolute Gasteiger partial charge is 0.364 e. The second-order valence-corrected chi connectivity index (χ2v) is 5.53. The molecule has 2 aromatic rings. The van der Waals surface area contributed by atoms with Crippen LogP contribution < -0.4 is 0 Å². The fraction of sp³-hybridized carbons (Fsp3) is 0.278. The van der Waals surface area contributed by atoms with Crippen LogP contribution in [-0.2, 0) is 14.3 Å². The Balaban J connectivity index is 2.19. The van der Waals surface area contributed by atoms with Gasteiger partial charge in [-0.1, -0.05) is 42.5 Å². The summed E-state index contributed by atoms with van der Waals surface area (Å²) in [4.78, 5) is 23.4. The normalized spacial score (nSPS) is 20.1. The van der Waals surface area contributed by atoms with Crippen molar-refractivity contribution in [1.82, 2.24) is 0 Å². The van der Waals surface area contributed by atoms with Crippen molar-refractivity contribution in [3.05, 3.63) is 69.5 Å². The number of esters is 1. The molecule has 1 aliphatic rings. The number of fused-ring (bicyclic) bond motifs is 1. The zero-order chi connectivity index (χ0) is 17.3. The Kier molecular flexibility index (Phi) is 4.20. The highest BCUT2D eigenvalue weighted by Crippen LogP contribution is 2.42. The van der Waals surface area contributed by atoms with E-state index < -0.39 is 23.0 Å². The van der Waals surface area contributed by atoms with Crippen molar-refractivity contribution in [2.45, 2.75) is 26.0 Å². The van der Waals surface area contributed by atoms with Crippen molar-refractivity contribution in [3.8, 4) is 0 Å². The number of benzene rings is 2. The Hall–Kier alpha value is -2.89. The molecule has 124 valence electrons. The van der Waals surface area contributed by atoms with Gasteiger partial charge in [0.15, 0.2) is 0 Å². The summed E-state index contributed by atoms with van der Waals surface area (Å²) in [5, 5.41) is 13.3. The maximum atomic E-state index is 12.4. The average Bonchev–Trinajstić information content (AvgIpc) is 2.92. The van der Waals surface area contributed by atoms with Crippen molar-refractivity contribution in [2.24, 2.45) is 0 Å². The first kappa shape index (κ1) is 16.0. The summed E-state index contributed by atoms with van der Waals surface area (Å²) < 4.78 is 10.5. The van der Waals surface area contributed by atoms with Gasteiger partial charge in [-0.05, 0) is 30.2 Å². The van der Waals surface area contributed by atoms with E-state index in [1.807, 2.05) is 36.4 Å². The number of hydrogen-bond donors (Lipinski definition) is 0. The molecule has 0 bridgehead atoms. The molecule has 0 saturated carbocycles. The summed E-state index contributed by atoms with van der Waals surface area (Å²) in [5.41, 5.74) is 0.907. The molecule has 2 atom stereocenters. The quantitative estimate of drug-likeness (QED) is 0.488. The lowest BCUT2D eigenvalue weighted by Gasteiger charge is -2.17. The van der Waals surface area contributed by atoms with Gasteiger partial charge in [0.2, 0.25) is 0 Å². The van der Waals surface area contributed by atoms with Crippen LogP contribution >= 0.6 is 0 Å². The van der Waals surface area contributed by atoms with Crippen molar-refractivity contribution >= 4 is 16.7 Å². The summed E-state index contributed by atoms with van der Waals surface area (Å²) >= 11 is 0. The highest BCUT2D eigenvalue weighted by Gasteiger charge is 2.48. The number of nitrogens with zero attached hydrogens (tertiary/aromatic N) is 1. The van der Waals surface area contributed by atoms with Crippen molar-refractivity contribution in [2.75, 3.05) is 6.61 Å². The fourth-order valence-electron chi connectivity index (χ4n) is 3.15. The molecule has 2 aromatic carbocycles. The maximum absolute atomic E-state index is 12.4. The van der Waals surface area contributed by atoms with E-state index in [1.54, 1.807) is 19.9 Å². The van der Waals surface area contributed by atoms with Gasteiger partial charge in [0.05, 0.1) is 17.1 Å². The maximum Gasteiger partial charge on any atom is 0.364 e. The van der Waals surface area contributed by atoms with Gasteiger partial charge in [0.25, 0.3) is 0 Å². The molecule has 0 unspecified atom stereocenters. The highest BCUT2D eigenvalue weighted by molar-refractivity contribution is 5.94. The first-order chi connectivity index (χ1) is 11.5. The van der Waals surface area contributed by atoms with Crippen LogP contribution in [0.1, 0.15) is 25.3 Å². The van der Waals surface area contributed by atoms with E-state index in [0.29, 0.717) is 5.56 Å². The van der Waals surface area contributed by atoms with Gasteiger partial charge in [-0.2, -0.15) is 0 Å². The number of carbonyl (C=O) groups excluding carboxylic acids is 1. The lowest BCUT2D eigenvalue weighted by molar-refractivity contribution is -0.570. The number of hydrogen-bond acceptors (Lipinski definition) is 5. The Morgan fingerprint density at radius 1 is 1.25 bits per heavy atom. The lowest BCUT2D eigenvalue weighted by Crippen LogP contribution is -2.28. The minimum Gasteiger partial charge on any atom is -0.463 e. The van der Waals surface area contributed by atoms with Gasteiger partial charge >= 0.3 is 12.2 Å². The molecule has 6 nitrogen and oxygen atoms in total. The fourth-order valence-corrected chi connectivity index (χ4v) is 3.15. The SMILES string of the molecule is CCOC(=O)C1=C(C)O[C@@H]([N+](=O)[O-])[C@@H]1c1cccc2ccccc12. The number of ether oxygens (including phenoxy) is 2. The van der Waals surface area contributed by atoms with Gasteiger partial charge in [0.1, 0.15) is 11.7 Å². The molecule has 0 spiro atoms. The zero-order valence-electron chi connectivity index (χ0n) is 13.4. The molecule has 1 heterocycles. The number of nitro groups is 1. The third kappa shape index (κ3) is 2.60. The largest absolute Gasteiger partial charge is 0.463 e. The van der Waals surface area contributed by atoms with E-state index in [9.17, 15) is 14.9 Å². The van der Waals surface area contributed by atoms with Gasteiger partial charge < -0.3 is 9.47 Å². The molecule has 0 N–H and O–H groups in total. The highest BCUT2D eigenvalue weighted by atomic mass is 16.7. The van der Waals surface area contributed by atoms with E-state index in [2.05, 4.69) is 0 Å². The molecule has 24 heavy (non-hydrogen) atoms. The number of allylic oxidation sites excluding steroid dienone is 1. The Morgan fingerprint density at radius 2 is 1.96 bits per heavy atom. The second kappa shape index (κ2) is 6.31. The van der Waals surface area contributed by atoms with Crippen LogP contribution in [0, 0.1) is 10.1 Å². The molecule has 6 heteroatoms. The number of rotatable bonds is 4. The molecule has 0 aliphatic carbocycles. The molecule has 0 aromatic heterocycles. The van der Waals surface area contributed by atoms with Crippen LogP contribution in [0.3, 0.4) is 0 Å². The van der Waals surface area contributed by atoms with E-state index in [-0.39, 0.29) is 17.9 Å². The molecule has 0 saturated heterocycles. The van der Waals surface area contributed by atoms with E-state index in [4.69, 9.17) is 9.47 Å². The minimum atomic E-state index is -1.34. The van der Waals surface area contributed by atoms with Crippen molar-refractivity contribution < 1.29 is 19.2 Å². The average molecular weight is 327 g/mol. The van der Waals surface area contributed by atoms with Crippen LogP contribution in [0.25, 0.3) is 10.8 Å². The third-order valence-electron chi connectivity index (χ3n) is 4.13. The molecular formula is C18H17NO5. The molecule has 0 fully saturated rings. The van der Waals surface area contributed by atoms with Gasteiger partial charge in [0, 0.05) is 0 Å². The van der Waals surface area contributed by atoms with Gasteiger partial charge in [-0.15, -0.1) is 0 Å². The topological polar surface area (TPSA) is 78.7 Å². The Labute approximate surface area is 138 Å². The summed E-state index contributed by atoms with van der Waals surface area (Å²) in [6.45, 7) is 3.45. The Bertz CT molecular complexity index is 837. The molecular weight excluding hydrogens is 310 g/mol. The van der Waals surface area contributed by atoms with E-state index in [1.165, 1.54) is 0 Å². The number of carbonyl (C=O) groups is 1. The predicted octanol–water partition coefficient (Wildman–Crippen LogP) is 3.39. The monoisotopic (exact) mass is 327 g/mol. The summed E-state index contributed by atoms with van der Waals surface area (Å²) in [5.74, 6) is -1.13. The Morgan fingerprint density at radius 3 is 2.67 bits per heavy atom. The van der Waals surface area contributed by atoms with Crippen molar-refractivity contribution in [3.63, 3.8) is 0 Å². The molecule has 0 radical (unpaired) electrons. The first-order valence-electron chi connectivity index (χ1n) is 7.70. The van der Waals surface area contributed by atoms with Crippen LogP contribution in [-0.4, -0.2) is 23.7 Å². The van der Waals surface area contributed by atoms with Crippen LogP contribution in [0.15, 0.2) is 53.8 Å². The summed E-state index contributed by atoms with van der Waals surface area (Å²) in [6, 6.07) is 13.1. The van der Waals surface area contributed by atoms with Crippen LogP contribution in [0.4, 0.5) is 0 Å². The van der Waals surface area contributed by atoms with E-state index in [0.717, 1.165) is 10.8 Å². The van der Waals surface area contributed by atoms with Gasteiger partial charge in [-0.25, -0.2) is 4.79 Å². The minimum absolute atomic E-state index is 0.195. The standard InChI is InChI=1S/C18H17NO5/c1-3-23-18(20)15-11(2)24-17(19(21)22)16(15)14-10-6-8-12-7-4-5-9-13(12)14/h4-10,16-17H,3H2,1-2H3/t16-,17-/m1/s1. The van der Waals surface area contributed by atoms with Crippen molar-refractivity contribution in [1.29, 1.82) is 0 Å². The summed E-state index contributed by atoms with van der Waals surface area (Å²) in [7, 11) is 0. The second-order valence-electron chi connectivity index (χ2n) is 5.53. The predicted molar refractivity (Wildman–Crippen MR) is 87.9 cm³/mol. The van der Waals surface area contributed by atoms with Crippen LogP contribution in [0.2, 0.25) is 0 Å². The van der Waals surface area contributed by atoms with Crippen LogP contribution in [0.5, 0.6) is 0 Å². The zero-order valence-corrected chi connectivity index (χ0v) is 13.4. The summed E-state index contributed by atoms with van der Waals surface area (Å²) in [6.07, 6.45) is -1.34. The molecule has 3 rings (SSSR count). The lowest BCUT2D eigenvalue weighted by atomic mass is 9.87. The van der Waals surface area contributed by atoms with E-state index >= 15 is 0 Å². The molecule has 0 amide bonds. The first-order valence-corrected chi connectivity index (χ1v) is 7.70.